The topological polar surface area (TPSA) is 108 Å². The molecule has 0 saturated heterocycles. The van der Waals surface area contributed by atoms with Crippen LogP contribution in [0.15, 0.2) is 24.3 Å². The van der Waals surface area contributed by atoms with E-state index < -0.39 is 31.1 Å². The summed E-state index contributed by atoms with van der Waals surface area (Å²) in [5, 5.41) is 0. The fourth-order valence-corrected chi connectivity index (χ4v) is 13.8. The summed E-state index contributed by atoms with van der Waals surface area (Å²) in [4.78, 5) is 27.1. The van der Waals surface area contributed by atoms with Gasteiger partial charge in [0.15, 0.2) is 0 Å². The first-order chi connectivity index (χ1) is 18.8. The van der Waals surface area contributed by atoms with Gasteiger partial charge in [-0.15, -0.1) is 0 Å². The van der Waals surface area contributed by atoms with Crippen LogP contribution in [-0.2, 0) is 6.15 Å². The van der Waals surface area contributed by atoms with Gasteiger partial charge >= 0.3 is 236 Å². The van der Waals surface area contributed by atoms with E-state index in [1.807, 2.05) is 13.8 Å². The molecule has 0 aromatic heterocycles. The van der Waals surface area contributed by atoms with Crippen LogP contribution >= 0.6 is 0 Å². The average molecular weight is 655 g/mol. The summed E-state index contributed by atoms with van der Waals surface area (Å²) in [6, 6.07) is 6.11. The van der Waals surface area contributed by atoms with Gasteiger partial charge in [0.1, 0.15) is 0 Å². The number of rotatable bonds is 16. The van der Waals surface area contributed by atoms with Crippen LogP contribution in [0, 0.1) is 0 Å². The molecule has 0 unspecified atom stereocenters. The van der Waals surface area contributed by atoms with E-state index >= 15 is 0 Å². The molecule has 0 aliphatic carbocycles. The number of methoxy groups -OCH3 is 6. The van der Waals surface area contributed by atoms with Gasteiger partial charge in [-0.05, 0) is 0 Å². The Kier molecular flexibility index (Phi) is 12.8. The van der Waals surface area contributed by atoms with E-state index in [2.05, 4.69) is 0 Å². The summed E-state index contributed by atoms with van der Waals surface area (Å²) in [5.74, 6) is 0.795. The van der Waals surface area contributed by atoms with Crippen LogP contribution in [0.2, 0.25) is 8.87 Å². The molecule has 0 radical (unpaired) electrons. The van der Waals surface area contributed by atoms with Gasteiger partial charge in [0, 0.05) is 0 Å². The van der Waals surface area contributed by atoms with Crippen LogP contribution in [0.5, 0.6) is 34.5 Å². The third kappa shape index (κ3) is 8.00. The minimum atomic E-state index is -4.38. The summed E-state index contributed by atoms with van der Waals surface area (Å²) in [6.07, 6.45) is 3.22. The third-order valence-electron chi connectivity index (χ3n) is 6.18. The van der Waals surface area contributed by atoms with Crippen molar-refractivity contribution in [3.05, 3.63) is 35.4 Å². The van der Waals surface area contributed by atoms with Crippen LogP contribution in [0.1, 0.15) is 60.2 Å². The first-order valence-electron chi connectivity index (χ1n) is 12.8. The molecule has 0 amide bonds. The second-order valence-corrected chi connectivity index (χ2v) is 17.9. The van der Waals surface area contributed by atoms with Crippen molar-refractivity contribution < 1.29 is 44.2 Å². The van der Waals surface area contributed by atoms with Crippen molar-refractivity contribution in [3.8, 4) is 34.5 Å². The first-order valence-corrected chi connectivity index (χ1v) is 19.2. The van der Waals surface area contributed by atoms with E-state index in [1.54, 1.807) is 0 Å². The van der Waals surface area contributed by atoms with Crippen LogP contribution in [0.3, 0.4) is 0 Å². The van der Waals surface area contributed by atoms with Gasteiger partial charge in [-0.2, -0.15) is 0 Å². The Morgan fingerprint density at radius 2 is 0.872 bits per heavy atom. The zero-order valence-electron chi connectivity index (χ0n) is 24.1. The zero-order chi connectivity index (χ0) is 29.0. The molecule has 0 fully saturated rings. The van der Waals surface area contributed by atoms with E-state index in [-0.39, 0.29) is 11.1 Å². The Morgan fingerprint density at radius 1 is 0.564 bits per heavy atom. The summed E-state index contributed by atoms with van der Waals surface area (Å²) < 4.78 is 45.9. The summed E-state index contributed by atoms with van der Waals surface area (Å²) in [6.45, 7) is 4.08. The summed E-state index contributed by atoms with van der Waals surface area (Å²) in [5.41, 5.74) is 0.421. The average Bonchev–Trinajstić information content (AvgIpc) is 2.96. The normalized spacial score (nSPS) is 10.9. The molecule has 0 spiro atoms. The number of hydrogen-bond donors (Lipinski definition) is 0. The maximum atomic E-state index is 13.6. The van der Waals surface area contributed by atoms with Crippen LogP contribution < -0.4 is 28.4 Å². The Labute approximate surface area is 235 Å². The molecular formula is C28H40O10Sn. The summed E-state index contributed by atoms with van der Waals surface area (Å²) >= 11 is -4.38. The standard InChI is InChI=1S/2C10H12O5.2C4H9.Sn/c2*1-13-7-4-6(10(11)12)5-8(14-2)9(7)15-3;2*1-3-4-2;/h2*4-5H,1-3H3,(H,11,12);2*1,3-4H2,2H3;/q;;;;+2/p-2. The zero-order valence-corrected chi connectivity index (χ0v) is 27.0. The predicted octanol–water partition coefficient (Wildman–Crippen LogP) is 5.79. The van der Waals surface area contributed by atoms with Crippen LogP contribution in [-0.4, -0.2) is 73.8 Å². The molecule has 216 valence electrons. The van der Waals surface area contributed by atoms with Gasteiger partial charge in [0.2, 0.25) is 0 Å². The van der Waals surface area contributed by atoms with E-state index in [1.165, 1.54) is 66.9 Å². The Hall–Kier alpha value is -3.02. The van der Waals surface area contributed by atoms with Gasteiger partial charge in [0.05, 0.1) is 0 Å². The molecule has 11 heteroatoms. The van der Waals surface area contributed by atoms with Crippen LogP contribution in [0.4, 0.5) is 0 Å². The minimum absolute atomic E-state index is 0.211. The second kappa shape index (κ2) is 15.5. The molecule has 10 nitrogen and oxygen atoms in total. The SMILES string of the molecule is CCC[CH2][Sn]([CH2]CCC)([O]C(=O)c1cc(OC)c(OC)c(OC)c1)[O]C(=O)c1cc(OC)c(OC)c(OC)c1. The molecule has 2 aromatic carbocycles. The molecule has 39 heavy (non-hydrogen) atoms. The van der Waals surface area contributed by atoms with Gasteiger partial charge in [-0.25, -0.2) is 0 Å². The van der Waals surface area contributed by atoms with Crippen molar-refractivity contribution >= 4 is 31.1 Å². The number of hydrogen-bond acceptors (Lipinski definition) is 10. The number of benzene rings is 2. The van der Waals surface area contributed by atoms with Gasteiger partial charge in [0.25, 0.3) is 0 Å². The van der Waals surface area contributed by atoms with E-state index in [0.717, 1.165) is 25.7 Å². The molecule has 2 rings (SSSR count). The van der Waals surface area contributed by atoms with E-state index in [0.29, 0.717) is 43.4 Å². The predicted molar refractivity (Wildman–Crippen MR) is 148 cm³/mol. The molecule has 0 atom stereocenters. The third-order valence-corrected chi connectivity index (χ3v) is 15.7. The fourth-order valence-electron chi connectivity index (χ4n) is 4.10. The van der Waals surface area contributed by atoms with Gasteiger partial charge in [-0.3, -0.25) is 0 Å². The van der Waals surface area contributed by atoms with Crippen LogP contribution in [0.25, 0.3) is 0 Å². The summed E-state index contributed by atoms with van der Waals surface area (Å²) in [7, 11) is 8.85. The number of unbranched alkanes of at least 4 members (excludes halogenated alkanes) is 2. The van der Waals surface area contributed by atoms with Crippen molar-refractivity contribution in [2.24, 2.45) is 0 Å². The Bertz CT molecular complexity index is 980. The van der Waals surface area contributed by atoms with Crippen molar-refractivity contribution in [2.45, 2.75) is 48.4 Å². The molecule has 0 N–H and O–H groups in total. The second-order valence-electron chi connectivity index (χ2n) is 8.72. The molecule has 0 aliphatic heterocycles. The maximum absolute atomic E-state index is 13.6. The molecule has 0 bridgehead atoms. The number of carbonyl (C=O) groups excluding carboxylic acids is 2. The van der Waals surface area contributed by atoms with Crippen molar-refractivity contribution in [2.75, 3.05) is 42.7 Å². The Morgan fingerprint density at radius 3 is 1.10 bits per heavy atom. The van der Waals surface area contributed by atoms with Crippen molar-refractivity contribution in [1.82, 2.24) is 0 Å². The molecule has 0 saturated carbocycles. The van der Waals surface area contributed by atoms with Gasteiger partial charge < -0.3 is 0 Å². The number of carbonyl (C=O) groups is 2. The number of ether oxygens (including phenoxy) is 6. The van der Waals surface area contributed by atoms with Crippen molar-refractivity contribution in [1.29, 1.82) is 0 Å². The Balaban J connectivity index is 2.52. The quantitative estimate of drug-likeness (QED) is 0.206. The molecule has 2 aromatic rings. The monoisotopic (exact) mass is 656 g/mol. The van der Waals surface area contributed by atoms with Gasteiger partial charge in [-0.1, -0.05) is 0 Å². The fraction of sp³-hybridized carbons (Fsp3) is 0.500. The van der Waals surface area contributed by atoms with Crippen molar-refractivity contribution in [3.63, 3.8) is 0 Å². The molecular weight excluding hydrogens is 615 g/mol. The van der Waals surface area contributed by atoms with E-state index in [4.69, 9.17) is 34.6 Å². The first kappa shape index (κ1) is 32.2. The van der Waals surface area contributed by atoms with E-state index in [9.17, 15) is 9.59 Å². The molecule has 0 aliphatic rings. The molecule has 0 heterocycles.